The minimum Gasteiger partial charge on any atom is -0.424 e. The van der Waals surface area contributed by atoms with Gasteiger partial charge in [0.25, 0.3) is 0 Å². The van der Waals surface area contributed by atoms with Crippen molar-refractivity contribution in [3.8, 4) is 0 Å². The van der Waals surface area contributed by atoms with Crippen LogP contribution in [0.25, 0.3) is 5.57 Å². The molecule has 3 nitrogen and oxygen atoms in total. The standard InChI is InChI=1S/C5H6N2O/c1-4(2)5-7-6-3-8-5/h3H,1H2,2H3. The van der Waals surface area contributed by atoms with Gasteiger partial charge in [-0.2, -0.15) is 0 Å². The van der Waals surface area contributed by atoms with Crippen LogP contribution < -0.4 is 0 Å². The van der Waals surface area contributed by atoms with E-state index in [4.69, 9.17) is 4.42 Å². The summed E-state index contributed by atoms with van der Waals surface area (Å²) in [5.41, 5.74) is 0.794. The molecule has 0 aliphatic rings. The second-order valence-electron chi connectivity index (χ2n) is 1.52. The lowest BCUT2D eigenvalue weighted by atomic mass is 10.4. The molecule has 0 bridgehead atoms. The number of nitrogens with zero attached hydrogens (tertiary/aromatic N) is 2. The first-order valence-corrected chi connectivity index (χ1v) is 2.23. The molecule has 0 atom stereocenters. The summed E-state index contributed by atoms with van der Waals surface area (Å²) in [5, 5.41) is 7.07. The lowest BCUT2D eigenvalue weighted by molar-refractivity contribution is 0.538. The Bertz CT molecular complexity index is 178. The van der Waals surface area contributed by atoms with Crippen LogP contribution in [0.15, 0.2) is 17.4 Å². The first kappa shape index (κ1) is 5.03. The number of aromatic nitrogens is 2. The van der Waals surface area contributed by atoms with E-state index in [1.54, 1.807) is 0 Å². The highest BCUT2D eigenvalue weighted by Crippen LogP contribution is 2.03. The van der Waals surface area contributed by atoms with E-state index in [1.165, 1.54) is 6.39 Å². The van der Waals surface area contributed by atoms with Crippen LogP contribution in [0.4, 0.5) is 0 Å². The molecule has 0 saturated heterocycles. The SMILES string of the molecule is C=C(C)c1nnco1. The predicted octanol–water partition coefficient (Wildman–Crippen LogP) is 1.10. The van der Waals surface area contributed by atoms with Crippen LogP contribution in [-0.4, -0.2) is 10.2 Å². The minimum absolute atomic E-state index is 0.505. The topological polar surface area (TPSA) is 38.9 Å². The largest absolute Gasteiger partial charge is 0.424 e. The summed E-state index contributed by atoms with van der Waals surface area (Å²) in [6, 6.07) is 0. The van der Waals surface area contributed by atoms with Crippen molar-refractivity contribution in [2.45, 2.75) is 6.92 Å². The van der Waals surface area contributed by atoms with Crippen molar-refractivity contribution in [1.29, 1.82) is 0 Å². The van der Waals surface area contributed by atoms with E-state index in [0.717, 1.165) is 5.57 Å². The molecule has 1 aromatic heterocycles. The molecule has 0 fully saturated rings. The van der Waals surface area contributed by atoms with Gasteiger partial charge in [-0.15, -0.1) is 10.2 Å². The lowest BCUT2D eigenvalue weighted by Crippen LogP contribution is -1.74. The maximum atomic E-state index is 4.77. The maximum Gasteiger partial charge on any atom is 0.242 e. The Labute approximate surface area is 47.0 Å². The zero-order valence-electron chi connectivity index (χ0n) is 4.59. The molecule has 1 heterocycles. The van der Waals surface area contributed by atoms with Gasteiger partial charge in [-0.1, -0.05) is 6.58 Å². The Morgan fingerprint density at radius 2 is 2.62 bits per heavy atom. The molecule has 42 valence electrons. The van der Waals surface area contributed by atoms with Gasteiger partial charge in [0.15, 0.2) is 0 Å². The average molecular weight is 110 g/mol. The molecule has 0 aliphatic heterocycles. The second kappa shape index (κ2) is 1.78. The molecular formula is C5H6N2O. The average Bonchev–Trinajstić information content (AvgIpc) is 2.12. The molecule has 1 aromatic rings. The van der Waals surface area contributed by atoms with Gasteiger partial charge in [-0.25, -0.2) is 0 Å². The zero-order valence-corrected chi connectivity index (χ0v) is 4.59. The summed E-state index contributed by atoms with van der Waals surface area (Å²) in [6.45, 7) is 5.41. The number of rotatable bonds is 1. The minimum atomic E-state index is 0.505. The van der Waals surface area contributed by atoms with Gasteiger partial charge in [0.05, 0.1) is 0 Å². The van der Waals surface area contributed by atoms with Gasteiger partial charge >= 0.3 is 0 Å². The molecular weight excluding hydrogens is 104 g/mol. The number of hydrogen-bond acceptors (Lipinski definition) is 3. The van der Waals surface area contributed by atoms with Crippen molar-refractivity contribution in [1.82, 2.24) is 10.2 Å². The molecule has 3 heteroatoms. The van der Waals surface area contributed by atoms with E-state index >= 15 is 0 Å². The molecule has 0 spiro atoms. The fraction of sp³-hybridized carbons (Fsp3) is 0.200. The van der Waals surface area contributed by atoms with Crippen molar-refractivity contribution < 1.29 is 4.42 Å². The Morgan fingerprint density at radius 3 is 2.88 bits per heavy atom. The molecule has 0 saturated carbocycles. The zero-order chi connectivity index (χ0) is 5.98. The van der Waals surface area contributed by atoms with Crippen molar-refractivity contribution >= 4 is 5.57 Å². The van der Waals surface area contributed by atoms with Crippen LogP contribution in [0.3, 0.4) is 0 Å². The maximum absolute atomic E-state index is 4.77. The summed E-state index contributed by atoms with van der Waals surface area (Å²) in [7, 11) is 0. The fourth-order valence-corrected chi connectivity index (χ4v) is 0.359. The van der Waals surface area contributed by atoms with Crippen LogP contribution >= 0.6 is 0 Å². The van der Waals surface area contributed by atoms with Crippen molar-refractivity contribution in [2.24, 2.45) is 0 Å². The third-order valence-corrected chi connectivity index (χ3v) is 0.725. The van der Waals surface area contributed by atoms with Crippen LogP contribution in [0.5, 0.6) is 0 Å². The number of allylic oxidation sites excluding steroid dienone is 1. The van der Waals surface area contributed by atoms with E-state index in [2.05, 4.69) is 16.8 Å². The van der Waals surface area contributed by atoms with Crippen LogP contribution in [0, 0.1) is 0 Å². The summed E-state index contributed by atoms with van der Waals surface area (Å²) in [6.07, 6.45) is 1.28. The van der Waals surface area contributed by atoms with Crippen molar-refractivity contribution in [3.63, 3.8) is 0 Å². The highest BCUT2D eigenvalue weighted by atomic mass is 16.4. The Balaban J connectivity index is 2.93. The predicted molar refractivity (Wildman–Crippen MR) is 29.0 cm³/mol. The molecule has 1 rings (SSSR count). The molecule has 0 aromatic carbocycles. The number of hydrogen-bond donors (Lipinski definition) is 0. The lowest BCUT2D eigenvalue weighted by Gasteiger charge is -1.82. The monoisotopic (exact) mass is 110 g/mol. The van der Waals surface area contributed by atoms with Crippen molar-refractivity contribution in [3.05, 3.63) is 18.9 Å². The molecule has 0 radical (unpaired) electrons. The van der Waals surface area contributed by atoms with Gasteiger partial charge in [0.1, 0.15) is 0 Å². The third kappa shape index (κ3) is 0.753. The molecule has 0 amide bonds. The first-order chi connectivity index (χ1) is 3.80. The van der Waals surface area contributed by atoms with Crippen LogP contribution in [-0.2, 0) is 0 Å². The third-order valence-electron chi connectivity index (χ3n) is 0.725. The molecule has 0 unspecified atom stereocenters. The van der Waals surface area contributed by atoms with Crippen LogP contribution in [0.1, 0.15) is 12.8 Å². The first-order valence-electron chi connectivity index (χ1n) is 2.23. The Hall–Kier alpha value is -1.12. The van der Waals surface area contributed by atoms with E-state index in [0.29, 0.717) is 5.89 Å². The van der Waals surface area contributed by atoms with Crippen molar-refractivity contribution in [2.75, 3.05) is 0 Å². The van der Waals surface area contributed by atoms with E-state index in [9.17, 15) is 0 Å². The molecule has 0 aliphatic carbocycles. The van der Waals surface area contributed by atoms with Crippen LogP contribution in [0.2, 0.25) is 0 Å². The van der Waals surface area contributed by atoms with Gasteiger partial charge < -0.3 is 4.42 Å². The highest BCUT2D eigenvalue weighted by molar-refractivity contribution is 5.51. The summed E-state index contributed by atoms with van der Waals surface area (Å²) >= 11 is 0. The summed E-state index contributed by atoms with van der Waals surface area (Å²) in [4.78, 5) is 0. The van der Waals surface area contributed by atoms with Gasteiger partial charge in [-0.3, -0.25) is 0 Å². The quantitative estimate of drug-likeness (QED) is 0.543. The second-order valence-corrected chi connectivity index (χ2v) is 1.52. The molecule has 0 N–H and O–H groups in total. The summed E-state index contributed by atoms with van der Waals surface area (Å²) in [5.74, 6) is 0.505. The Morgan fingerprint density at radius 1 is 1.88 bits per heavy atom. The van der Waals surface area contributed by atoms with E-state index < -0.39 is 0 Å². The normalized spacial score (nSPS) is 9.12. The van der Waals surface area contributed by atoms with Gasteiger partial charge in [0.2, 0.25) is 12.3 Å². The van der Waals surface area contributed by atoms with E-state index in [1.807, 2.05) is 6.92 Å². The summed E-state index contributed by atoms with van der Waals surface area (Å²) < 4.78 is 4.77. The van der Waals surface area contributed by atoms with Gasteiger partial charge in [0, 0.05) is 5.57 Å². The van der Waals surface area contributed by atoms with Gasteiger partial charge in [-0.05, 0) is 6.92 Å². The highest BCUT2D eigenvalue weighted by Gasteiger charge is 1.94. The van der Waals surface area contributed by atoms with E-state index in [-0.39, 0.29) is 0 Å². The fourth-order valence-electron chi connectivity index (χ4n) is 0.359. The Kier molecular flexibility index (Phi) is 1.12. The molecule has 8 heavy (non-hydrogen) atoms. The smallest absolute Gasteiger partial charge is 0.242 e.